The van der Waals surface area contributed by atoms with Crippen molar-refractivity contribution < 1.29 is 22.4 Å². The highest BCUT2D eigenvalue weighted by Crippen LogP contribution is 2.22. The highest BCUT2D eigenvalue weighted by Gasteiger charge is 2.20. The summed E-state index contributed by atoms with van der Waals surface area (Å²) in [6.07, 6.45) is -1.65. The molecule has 0 aliphatic carbocycles. The second-order valence-corrected chi connectivity index (χ2v) is 6.21. The van der Waals surface area contributed by atoms with Crippen LogP contribution in [0.3, 0.4) is 0 Å². The van der Waals surface area contributed by atoms with Crippen LogP contribution in [0.4, 0.5) is 17.6 Å². The lowest BCUT2D eigenvalue weighted by Crippen LogP contribution is -2.34. The van der Waals surface area contributed by atoms with Crippen LogP contribution in [0.2, 0.25) is 0 Å². The number of benzene rings is 1. The van der Waals surface area contributed by atoms with Gasteiger partial charge in [0.15, 0.2) is 11.6 Å². The van der Waals surface area contributed by atoms with E-state index in [1.807, 2.05) is 0 Å². The summed E-state index contributed by atoms with van der Waals surface area (Å²) in [6.45, 7) is 5.13. The van der Waals surface area contributed by atoms with E-state index in [2.05, 4.69) is 32.6 Å². The van der Waals surface area contributed by atoms with Gasteiger partial charge < -0.3 is 16.0 Å². The number of pyridine rings is 1. The average molecular weight is 423 g/mol. The molecule has 0 fully saturated rings. The van der Waals surface area contributed by atoms with Crippen molar-refractivity contribution in [3.63, 3.8) is 0 Å². The first-order chi connectivity index (χ1) is 14.3. The van der Waals surface area contributed by atoms with Gasteiger partial charge in [0.25, 0.3) is 12.3 Å². The van der Waals surface area contributed by atoms with Gasteiger partial charge in [-0.25, -0.2) is 17.6 Å². The SMILES string of the molecule is C=N/C(C)=C(\NCNC(=O)c1cc(CNC)cnc1C(F)F)c1ccc(F)c(F)c1. The number of halogens is 4. The van der Waals surface area contributed by atoms with Crippen LogP contribution >= 0.6 is 0 Å². The zero-order valence-corrected chi connectivity index (χ0v) is 16.4. The molecule has 0 aliphatic heterocycles. The van der Waals surface area contributed by atoms with Crippen LogP contribution in [-0.4, -0.2) is 31.3 Å². The van der Waals surface area contributed by atoms with E-state index in [9.17, 15) is 22.4 Å². The zero-order chi connectivity index (χ0) is 22.3. The summed E-state index contributed by atoms with van der Waals surface area (Å²) in [7, 11) is 1.67. The minimum absolute atomic E-state index is 0.195. The highest BCUT2D eigenvalue weighted by atomic mass is 19.3. The Morgan fingerprint density at radius 2 is 1.93 bits per heavy atom. The molecule has 0 saturated heterocycles. The molecule has 3 N–H and O–H groups in total. The summed E-state index contributed by atoms with van der Waals surface area (Å²) in [4.78, 5) is 19.9. The quantitative estimate of drug-likeness (QED) is 0.328. The van der Waals surface area contributed by atoms with E-state index in [1.165, 1.54) is 18.3 Å². The number of allylic oxidation sites excluding steroid dienone is 1. The van der Waals surface area contributed by atoms with Gasteiger partial charge in [-0.05, 0) is 50.5 Å². The van der Waals surface area contributed by atoms with Gasteiger partial charge in [-0.1, -0.05) is 0 Å². The van der Waals surface area contributed by atoms with Gasteiger partial charge >= 0.3 is 0 Å². The Hall–Kier alpha value is -3.27. The lowest BCUT2D eigenvalue weighted by atomic mass is 10.1. The summed E-state index contributed by atoms with van der Waals surface area (Å²) in [5, 5.41) is 8.14. The maximum Gasteiger partial charge on any atom is 0.281 e. The second kappa shape index (κ2) is 10.5. The number of aliphatic imine (C=N–C) groups is 1. The van der Waals surface area contributed by atoms with Crippen molar-refractivity contribution in [3.8, 4) is 0 Å². The van der Waals surface area contributed by atoms with Crippen LogP contribution in [0.15, 0.2) is 41.2 Å². The fraction of sp³-hybridized carbons (Fsp3) is 0.250. The molecular weight excluding hydrogens is 402 g/mol. The van der Waals surface area contributed by atoms with Crippen molar-refractivity contribution in [2.24, 2.45) is 4.99 Å². The molecule has 0 unspecified atom stereocenters. The molecule has 1 aromatic heterocycles. The monoisotopic (exact) mass is 423 g/mol. The summed E-state index contributed by atoms with van der Waals surface area (Å²) in [5.41, 5.74) is 0.610. The molecule has 0 bridgehead atoms. The summed E-state index contributed by atoms with van der Waals surface area (Å²) in [5.74, 6) is -2.83. The number of rotatable bonds is 9. The van der Waals surface area contributed by atoms with Crippen molar-refractivity contribution in [2.45, 2.75) is 19.9 Å². The molecule has 0 radical (unpaired) electrons. The van der Waals surface area contributed by atoms with Crippen LogP contribution in [0.5, 0.6) is 0 Å². The largest absolute Gasteiger partial charge is 0.366 e. The normalized spacial score (nSPS) is 11.8. The third-order valence-electron chi connectivity index (χ3n) is 4.13. The van der Waals surface area contributed by atoms with Gasteiger partial charge in [0.05, 0.1) is 23.6 Å². The third kappa shape index (κ3) is 5.63. The third-order valence-corrected chi connectivity index (χ3v) is 4.13. The maximum atomic E-state index is 13.6. The van der Waals surface area contributed by atoms with Crippen LogP contribution in [-0.2, 0) is 6.54 Å². The fourth-order valence-corrected chi connectivity index (χ4v) is 2.65. The molecule has 1 aromatic carbocycles. The molecule has 0 atom stereocenters. The molecular formula is C20H21F4N5O. The van der Waals surface area contributed by atoms with E-state index < -0.39 is 29.7 Å². The molecule has 2 rings (SSSR count). The number of hydrogen-bond donors (Lipinski definition) is 3. The van der Waals surface area contributed by atoms with E-state index in [-0.39, 0.29) is 17.8 Å². The summed E-state index contributed by atoms with van der Waals surface area (Å²) >= 11 is 0. The average Bonchev–Trinajstić information content (AvgIpc) is 2.72. The first kappa shape index (κ1) is 23.0. The number of aromatic nitrogens is 1. The minimum atomic E-state index is -2.92. The molecule has 30 heavy (non-hydrogen) atoms. The van der Waals surface area contributed by atoms with E-state index in [0.717, 1.165) is 12.1 Å². The number of carbonyl (C=O) groups excluding carboxylic acids is 1. The Labute approximate surface area is 171 Å². The Morgan fingerprint density at radius 3 is 2.53 bits per heavy atom. The zero-order valence-electron chi connectivity index (χ0n) is 16.4. The minimum Gasteiger partial charge on any atom is -0.366 e. The van der Waals surface area contributed by atoms with E-state index in [4.69, 9.17) is 0 Å². The number of hydrogen-bond acceptors (Lipinski definition) is 5. The number of nitrogens with zero attached hydrogens (tertiary/aromatic N) is 2. The van der Waals surface area contributed by atoms with Gasteiger partial charge in [0.1, 0.15) is 5.69 Å². The first-order valence-electron chi connectivity index (χ1n) is 8.85. The first-order valence-corrected chi connectivity index (χ1v) is 8.85. The van der Waals surface area contributed by atoms with Crippen LogP contribution in [0.25, 0.3) is 5.70 Å². The van der Waals surface area contributed by atoms with E-state index >= 15 is 0 Å². The Balaban J connectivity index is 2.19. The number of nitrogens with one attached hydrogen (secondary N) is 3. The van der Waals surface area contributed by atoms with Gasteiger partial charge in [-0.3, -0.25) is 14.8 Å². The van der Waals surface area contributed by atoms with Crippen LogP contribution < -0.4 is 16.0 Å². The molecule has 1 amide bonds. The van der Waals surface area contributed by atoms with E-state index in [1.54, 1.807) is 14.0 Å². The Morgan fingerprint density at radius 1 is 1.20 bits per heavy atom. The predicted molar refractivity (Wildman–Crippen MR) is 106 cm³/mol. The predicted octanol–water partition coefficient (Wildman–Crippen LogP) is 3.38. The number of amides is 1. The maximum absolute atomic E-state index is 13.6. The highest BCUT2D eigenvalue weighted by molar-refractivity contribution is 5.95. The van der Waals surface area contributed by atoms with Gasteiger partial charge in [-0.15, -0.1) is 0 Å². The summed E-state index contributed by atoms with van der Waals surface area (Å²) < 4.78 is 53.2. The van der Waals surface area contributed by atoms with Crippen LogP contribution in [0.1, 0.15) is 40.5 Å². The van der Waals surface area contributed by atoms with Crippen molar-refractivity contribution in [2.75, 3.05) is 13.7 Å². The molecule has 160 valence electrons. The van der Waals surface area contributed by atoms with Crippen molar-refractivity contribution in [3.05, 3.63) is 70.2 Å². The molecule has 10 heteroatoms. The Bertz CT molecular complexity index is 962. The molecule has 1 heterocycles. The van der Waals surface area contributed by atoms with Crippen LogP contribution in [0, 0.1) is 11.6 Å². The lowest BCUT2D eigenvalue weighted by Gasteiger charge is -2.15. The number of alkyl halides is 2. The standard InChI is InChI=1S/C20H21F4N5O/c1-11(26-3)17(13-4-5-15(21)16(22)7-13)28-10-29-20(30)14-6-12(8-25-2)9-27-18(14)19(23)24/h4-7,9,19,25,28H,3,8,10H2,1-2H3,(H,29,30)/b17-11-. The summed E-state index contributed by atoms with van der Waals surface area (Å²) in [6, 6.07) is 4.59. The molecule has 0 spiro atoms. The molecule has 6 nitrogen and oxygen atoms in total. The molecule has 2 aromatic rings. The Kier molecular flexibility index (Phi) is 8.05. The smallest absolute Gasteiger partial charge is 0.281 e. The van der Waals surface area contributed by atoms with Gasteiger partial charge in [0, 0.05) is 18.3 Å². The second-order valence-electron chi connectivity index (χ2n) is 6.21. The topological polar surface area (TPSA) is 78.4 Å². The lowest BCUT2D eigenvalue weighted by molar-refractivity contribution is 0.0935. The van der Waals surface area contributed by atoms with Crippen molar-refractivity contribution >= 4 is 18.3 Å². The van der Waals surface area contributed by atoms with Gasteiger partial charge in [-0.2, -0.15) is 0 Å². The molecule has 0 saturated carbocycles. The van der Waals surface area contributed by atoms with E-state index in [0.29, 0.717) is 23.5 Å². The molecule has 0 aliphatic rings. The van der Waals surface area contributed by atoms with Crippen molar-refractivity contribution in [1.29, 1.82) is 0 Å². The fourth-order valence-electron chi connectivity index (χ4n) is 2.65. The number of carbonyl (C=O) groups is 1. The van der Waals surface area contributed by atoms with Gasteiger partial charge in [0.2, 0.25) is 0 Å². The van der Waals surface area contributed by atoms with Crippen molar-refractivity contribution in [1.82, 2.24) is 20.9 Å².